The Bertz CT molecular complexity index is 1060. The minimum absolute atomic E-state index is 0.00562. The van der Waals surface area contributed by atoms with Gasteiger partial charge in [0.2, 0.25) is 0 Å². The number of benzene rings is 1. The monoisotopic (exact) mass is 398 g/mol. The number of fused-ring (bicyclic) bond motifs is 1. The zero-order valence-corrected chi connectivity index (χ0v) is 15.3. The number of sulfonamides is 1. The average Bonchev–Trinajstić information content (AvgIpc) is 2.97. The van der Waals surface area contributed by atoms with Crippen LogP contribution in [0.4, 0.5) is 18.9 Å². The Labute approximate surface area is 154 Å². The number of nitrogens with one attached hydrogen (secondary N) is 1. The fourth-order valence-corrected chi connectivity index (χ4v) is 3.64. The van der Waals surface area contributed by atoms with Crippen molar-refractivity contribution in [2.45, 2.75) is 37.3 Å². The van der Waals surface area contributed by atoms with E-state index >= 15 is 0 Å². The van der Waals surface area contributed by atoms with Gasteiger partial charge in [0.05, 0.1) is 17.0 Å². The molecule has 6 nitrogen and oxygen atoms in total. The molecule has 0 spiro atoms. The Hall–Kier alpha value is -2.62. The Morgan fingerprint density at radius 2 is 1.74 bits per heavy atom. The van der Waals surface area contributed by atoms with E-state index in [9.17, 15) is 21.6 Å². The Morgan fingerprint density at radius 1 is 1.07 bits per heavy atom. The highest BCUT2D eigenvalue weighted by molar-refractivity contribution is 7.92. The van der Waals surface area contributed by atoms with Crippen molar-refractivity contribution < 1.29 is 21.6 Å². The van der Waals surface area contributed by atoms with Crippen LogP contribution in [-0.2, 0) is 16.4 Å². The molecule has 0 amide bonds. The summed E-state index contributed by atoms with van der Waals surface area (Å²) >= 11 is 0. The number of rotatable bonds is 5. The van der Waals surface area contributed by atoms with E-state index in [-0.39, 0.29) is 16.4 Å². The highest BCUT2D eigenvalue weighted by Gasteiger charge is 2.27. The van der Waals surface area contributed by atoms with Crippen LogP contribution < -0.4 is 4.72 Å². The van der Waals surface area contributed by atoms with Crippen molar-refractivity contribution in [2.24, 2.45) is 0 Å². The lowest BCUT2D eigenvalue weighted by molar-refractivity contribution is -0.127. The van der Waals surface area contributed by atoms with Crippen LogP contribution >= 0.6 is 0 Å². The zero-order chi connectivity index (χ0) is 19.8. The minimum atomic E-state index is -4.35. The molecule has 3 rings (SSSR count). The van der Waals surface area contributed by atoms with Gasteiger partial charge in [0.15, 0.2) is 5.65 Å². The van der Waals surface area contributed by atoms with Crippen LogP contribution in [0, 0.1) is 0 Å². The van der Waals surface area contributed by atoms with Crippen molar-refractivity contribution >= 4 is 21.4 Å². The molecule has 0 fully saturated rings. The van der Waals surface area contributed by atoms with E-state index in [1.165, 1.54) is 0 Å². The third kappa shape index (κ3) is 4.38. The standard InChI is InChI=1S/C17H17F3N4O2S/c1-11(2)16-22-21-15-8-5-13(10-24(15)16)23-27(25,26)14-6-3-12(4-7-14)9-17(18,19)20/h3-8,10-11,23H,9H2,1-2H3. The first-order valence-electron chi connectivity index (χ1n) is 8.08. The molecular weight excluding hydrogens is 381 g/mol. The number of hydrogen-bond acceptors (Lipinski definition) is 4. The van der Waals surface area contributed by atoms with Crippen molar-refractivity contribution in [3.05, 3.63) is 54.0 Å². The lowest BCUT2D eigenvalue weighted by Crippen LogP contribution is -2.14. The van der Waals surface area contributed by atoms with Gasteiger partial charge in [-0.2, -0.15) is 13.2 Å². The van der Waals surface area contributed by atoms with E-state index in [0.717, 1.165) is 24.3 Å². The molecule has 2 heterocycles. The van der Waals surface area contributed by atoms with E-state index in [4.69, 9.17) is 0 Å². The molecule has 1 aromatic carbocycles. The van der Waals surface area contributed by atoms with Crippen molar-refractivity contribution in [2.75, 3.05) is 4.72 Å². The lowest BCUT2D eigenvalue weighted by Gasteiger charge is -2.11. The predicted molar refractivity (Wildman–Crippen MR) is 94.1 cm³/mol. The Morgan fingerprint density at radius 3 is 2.33 bits per heavy atom. The van der Waals surface area contributed by atoms with Crippen LogP contribution in [-0.4, -0.2) is 29.2 Å². The van der Waals surface area contributed by atoms with Gasteiger partial charge in [0.25, 0.3) is 10.0 Å². The van der Waals surface area contributed by atoms with Crippen LogP contribution in [0.25, 0.3) is 5.65 Å². The highest BCUT2D eigenvalue weighted by atomic mass is 32.2. The first-order chi connectivity index (χ1) is 12.5. The summed E-state index contributed by atoms with van der Waals surface area (Å²) in [6, 6.07) is 7.79. The second-order valence-corrected chi connectivity index (χ2v) is 8.08. The van der Waals surface area contributed by atoms with E-state index in [0.29, 0.717) is 17.2 Å². The molecule has 0 unspecified atom stereocenters. The number of anilines is 1. The smallest absolute Gasteiger partial charge is 0.284 e. The maximum atomic E-state index is 12.5. The summed E-state index contributed by atoms with van der Waals surface area (Å²) in [6.45, 7) is 3.88. The number of pyridine rings is 1. The number of aromatic nitrogens is 3. The molecule has 0 aliphatic carbocycles. The number of hydrogen-bond donors (Lipinski definition) is 1. The second kappa shape index (κ2) is 6.84. The first-order valence-corrected chi connectivity index (χ1v) is 9.57. The van der Waals surface area contributed by atoms with Crippen molar-refractivity contribution in [1.82, 2.24) is 14.6 Å². The van der Waals surface area contributed by atoms with Gasteiger partial charge in [0, 0.05) is 12.1 Å². The number of alkyl halides is 3. The lowest BCUT2D eigenvalue weighted by atomic mass is 10.1. The maximum absolute atomic E-state index is 12.5. The fraction of sp³-hybridized carbons (Fsp3) is 0.294. The van der Waals surface area contributed by atoms with E-state index in [1.54, 1.807) is 22.7 Å². The highest BCUT2D eigenvalue weighted by Crippen LogP contribution is 2.23. The van der Waals surface area contributed by atoms with Crippen molar-refractivity contribution in [3.8, 4) is 0 Å². The summed E-state index contributed by atoms with van der Waals surface area (Å²) in [6.07, 6.45) is -3.88. The summed E-state index contributed by atoms with van der Waals surface area (Å²) in [4.78, 5) is -0.124. The molecule has 0 aliphatic heterocycles. The first kappa shape index (κ1) is 19.2. The molecule has 0 radical (unpaired) electrons. The Balaban J connectivity index is 1.86. The van der Waals surface area contributed by atoms with Gasteiger partial charge in [-0.15, -0.1) is 10.2 Å². The molecule has 0 atom stereocenters. The summed E-state index contributed by atoms with van der Waals surface area (Å²) in [5.41, 5.74) is 0.871. The van der Waals surface area contributed by atoms with Gasteiger partial charge >= 0.3 is 6.18 Å². The molecule has 0 saturated carbocycles. The van der Waals surface area contributed by atoms with Crippen LogP contribution in [0.15, 0.2) is 47.5 Å². The average molecular weight is 398 g/mol. The fourth-order valence-electron chi connectivity index (χ4n) is 2.59. The molecule has 0 saturated heterocycles. The SMILES string of the molecule is CC(C)c1nnc2ccc(NS(=O)(=O)c3ccc(CC(F)(F)F)cc3)cn12. The van der Waals surface area contributed by atoms with Crippen LogP contribution in [0.5, 0.6) is 0 Å². The molecule has 2 aromatic heterocycles. The summed E-state index contributed by atoms with van der Waals surface area (Å²) in [5.74, 6) is 0.774. The normalized spacial score (nSPS) is 12.7. The van der Waals surface area contributed by atoms with Gasteiger partial charge < -0.3 is 0 Å². The largest absolute Gasteiger partial charge is 0.393 e. The quantitative estimate of drug-likeness (QED) is 0.710. The predicted octanol–water partition coefficient (Wildman–Crippen LogP) is 3.76. The van der Waals surface area contributed by atoms with Crippen LogP contribution in [0.3, 0.4) is 0 Å². The van der Waals surface area contributed by atoms with Crippen molar-refractivity contribution in [1.29, 1.82) is 0 Å². The zero-order valence-electron chi connectivity index (χ0n) is 14.5. The van der Waals surface area contributed by atoms with Gasteiger partial charge in [-0.1, -0.05) is 26.0 Å². The van der Waals surface area contributed by atoms with Crippen LogP contribution in [0.1, 0.15) is 31.2 Å². The molecule has 1 N–H and O–H groups in total. The van der Waals surface area contributed by atoms with Gasteiger partial charge in [-0.05, 0) is 29.8 Å². The molecular formula is C17H17F3N4O2S. The molecule has 3 aromatic rings. The van der Waals surface area contributed by atoms with E-state index in [2.05, 4.69) is 14.9 Å². The molecule has 10 heteroatoms. The summed E-state index contributed by atoms with van der Waals surface area (Å²) in [5, 5.41) is 8.09. The van der Waals surface area contributed by atoms with Gasteiger partial charge in [-0.25, -0.2) is 8.42 Å². The molecule has 0 bridgehead atoms. The van der Waals surface area contributed by atoms with E-state index < -0.39 is 22.6 Å². The summed E-state index contributed by atoms with van der Waals surface area (Å²) in [7, 11) is -3.94. The second-order valence-electron chi connectivity index (χ2n) is 6.40. The third-order valence-corrected chi connectivity index (χ3v) is 5.23. The topological polar surface area (TPSA) is 76.4 Å². The third-order valence-electron chi connectivity index (χ3n) is 3.84. The summed E-state index contributed by atoms with van der Waals surface area (Å²) < 4.78 is 66.4. The number of halogens is 3. The number of nitrogens with zero attached hydrogens (tertiary/aromatic N) is 3. The van der Waals surface area contributed by atoms with Crippen molar-refractivity contribution in [3.63, 3.8) is 0 Å². The minimum Gasteiger partial charge on any atom is -0.284 e. The maximum Gasteiger partial charge on any atom is 0.393 e. The van der Waals surface area contributed by atoms with Gasteiger partial charge in [-0.3, -0.25) is 9.12 Å². The molecule has 0 aliphatic rings. The van der Waals surface area contributed by atoms with Crippen LogP contribution in [0.2, 0.25) is 0 Å². The molecule has 27 heavy (non-hydrogen) atoms. The Kier molecular flexibility index (Phi) is 4.85. The van der Waals surface area contributed by atoms with E-state index in [1.807, 2.05) is 13.8 Å². The van der Waals surface area contributed by atoms with Gasteiger partial charge in [0.1, 0.15) is 5.82 Å². The molecule has 144 valence electrons.